The topological polar surface area (TPSA) is 59.9 Å². The highest BCUT2D eigenvalue weighted by atomic mass is 35.5. The molecule has 0 spiro atoms. The molecule has 1 aliphatic heterocycles. The lowest BCUT2D eigenvalue weighted by molar-refractivity contribution is 0.734. The molecule has 0 radical (unpaired) electrons. The molecule has 4 N–H and O–H groups in total. The first-order valence-corrected chi connectivity index (χ1v) is 4.13. The molecule has 4 nitrogen and oxygen atoms in total. The standard InChI is InChI=1S/C8H11ClN4/c1-6(10)2-3-11-7-4-8(9)13-12-5-7/h2-5,10-13H,1H3/b3-2-,10-6?. The Kier molecular flexibility index (Phi) is 3.40. The second-order valence-corrected chi connectivity index (χ2v) is 2.93. The quantitative estimate of drug-likeness (QED) is 0.407. The summed E-state index contributed by atoms with van der Waals surface area (Å²) in [7, 11) is 0. The van der Waals surface area contributed by atoms with Gasteiger partial charge in [-0.25, -0.2) is 0 Å². The van der Waals surface area contributed by atoms with Crippen molar-refractivity contribution in [1.82, 2.24) is 16.2 Å². The Labute approximate surface area is 81.8 Å². The van der Waals surface area contributed by atoms with Gasteiger partial charge in [-0.15, -0.1) is 0 Å². The molecule has 0 bridgehead atoms. The maximum Gasteiger partial charge on any atom is 0.122 e. The van der Waals surface area contributed by atoms with E-state index in [1.807, 2.05) is 0 Å². The molecular weight excluding hydrogens is 188 g/mol. The van der Waals surface area contributed by atoms with Gasteiger partial charge in [0, 0.05) is 18.1 Å². The largest absolute Gasteiger partial charge is 0.360 e. The number of hydrazine groups is 1. The zero-order valence-corrected chi connectivity index (χ0v) is 7.94. The lowest BCUT2D eigenvalue weighted by Gasteiger charge is -2.12. The zero-order valence-electron chi connectivity index (χ0n) is 7.19. The summed E-state index contributed by atoms with van der Waals surface area (Å²) < 4.78 is 0. The summed E-state index contributed by atoms with van der Waals surface area (Å²) >= 11 is 5.69. The van der Waals surface area contributed by atoms with Gasteiger partial charge in [0.1, 0.15) is 5.16 Å². The van der Waals surface area contributed by atoms with E-state index in [2.05, 4.69) is 16.2 Å². The van der Waals surface area contributed by atoms with Gasteiger partial charge in [-0.1, -0.05) is 11.6 Å². The van der Waals surface area contributed by atoms with Crippen molar-refractivity contribution in [3.05, 3.63) is 35.4 Å². The molecule has 70 valence electrons. The Morgan fingerprint density at radius 1 is 1.69 bits per heavy atom. The minimum Gasteiger partial charge on any atom is -0.360 e. The van der Waals surface area contributed by atoms with Crippen LogP contribution in [0.25, 0.3) is 0 Å². The third-order valence-corrected chi connectivity index (χ3v) is 1.49. The normalized spacial score (nSPS) is 15.5. The molecule has 1 aliphatic rings. The smallest absolute Gasteiger partial charge is 0.122 e. The second-order valence-electron chi connectivity index (χ2n) is 2.52. The van der Waals surface area contributed by atoms with E-state index >= 15 is 0 Å². The molecule has 0 aromatic rings. The van der Waals surface area contributed by atoms with Crippen molar-refractivity contribution in [2.45, 2.75) is 6.92 Å². The van der Waals surface area contributed by atoms with Gasteiger partial charge in [-0.3, -0.25) is 5.43 Å². The van der Waals surface area contributed by atoms with Crippen molar-refractivity contribution in [2.24, 2.45) is 0 Å². The first-order chi connectivity index (χ1) is 6.18. The SMILES string of the molecule is CC(=N)/C=C\NC1=CNNC(Cl)=C1. The second kappa shape index (κ2) is 4.57. The summed E-state index contributed by atoms with van der Waals surface area (Å²) in [6.07, 6.45) is 6.81. The van der Waals surface area contributed by atoms with Gasteiger partial charge >= 0.3 is 0 Å². The summed E-state index contributed by atoms with van der Waals surface area (Å²) in [6, 6.07) is 0. The molecule has 0 fully saturated rings. The van der Waals surface area contributed by atoms with Crippen LogP contribution in [0, 0.1) is 5.41 Å². The number of halogens is 1. The van der Waals surface area contributed by atoms with E-state index in [9.17, 15) is 0 Å². The van der Waals surface area contributed by atoms with Gasteiger partial charge in [0.25, 0.3) is 0 Å². The Hall–Kier alpha value is -1.42. The molecule has 0 saturated heterocycles. The van der Waals surface area contributed by atoms with Crippen LogP contribution in [0.4, 0.5) is 0 Å². The number of hydrogen-bond donors (Lipinski definition) is 4. The van der Waals surface area contributed by atoms with Crippen LogP contribution in [0.1, 0.15) is 6.92 Å². The van der Waals surface area contributed by atoms with Crippen LogP contribution in [-0.2, 0) is 0 Å². The van der Waals surface area contributed by atoms with Crippen LogP contribution in [0.15, 0.2) is 35.4 Å². The maximum absolute atomic E-state index is 7.14. The predicted molar refractivity (Wildman–Crippen MR) is 54.0 cm³/mol. The Morgan fingerprint density at radius 3 is 3.08 bits per heavy atom. The minimum atomic E-state index is 0.491. The monoisotopic (exact) mass is 198 g/mol. The highest BCUT2D eigenvalue weighted by molar-refractivity contribution is 6.29. The van der Waals surface area contributed by atoms with Gasteiger partial charge in [-0.2, -0.15) is 0 Å². The molecule has 0 aliphatic carbocycles. The molecule has 0 aromatic carbocycles. The van der Waals surface area contributed by atoms with E-state index in [-0.39, 0.29) is 0 Å². The van der Waals surface area contributed by atoms with Crippen molar-refractivity contribution in [3.8, 4) is 0 Å². The van der Waals surface area contributed by atoms with Crippen LogP contribution >= 0.6 is 11.6 Å². The summed E-state index contributed by atoms with van der Waals surface area (Å²) in [5.74, 6) is 0. The van der Waals surface area contributed by atoms with Crippen LogP contribution < -0.4 is 16.2 Å². The molecule has 0 unspecified atom stereocenters. The first kappa shape index (κ1) is 9.67. The van der Waals surface area contributed by atoms with Gasteiger partial charge in [0.15, 0.2) is 0 Å². The van der Waals surface area contributed by atoms with Crippen LogP contribution in [0.2, 0.25) is 0 Å². The molecule has 13 heavy (non-hydrogen) atoms. The number of rotatable bonds is 3. The van der Waals surface area contributed by atoms with E-state index in [1.165, 1.54) is 0 Å². The summed E-state index contributed by atoms with van der Waals surface area (Å²) in [5, 5.41) is 10.6. The minimum absolute atomic E-state index is 0.491. The first-order valence-electron chi connectivity index (χ1n) is 3.75. The lowest BCUT2D eigenvalue weighted by Crippen LogP contribution is -2.29. The van der Waals surface area contributed by atoms with E-state index < -0.39 is 0 Å². The van der Waals surface area contributed by atoms with Crippen molar-refractivity contribution in [1.29, 1.82) is 5.41 Å². The van der Waals surface area contributed by atoms with E-state index in [1.54, 1.807) is 31.5 Å². The number of hydrogen-bond acceptors (Lipinski definition) is 4. The number of allylic oxidation sites excluding steroid dienone is 2. The predicted octanol–water partition coefficient (Wildman–Crippen LogP) is 1.16. The molecule has 0 amide bonds. The Bertz CT molecular complexity index is 291. The average Bonchev–Trinajstić information content (AvgIpc) is 2.03. The maximum atomic E-state index is 7.14. The third-order valence-electron chi connectivity index (χ3n) is 1.28. The zero-order chi connectivity index (χ0) is 9.68. The van der Waals surface area contributed by atoms with Gasteiger partial charge in [0.2, 0.25) is 0 Å². The summed E-state index contributed by atoms with van der Waals surface area (Å²) in [5.41, 5.74) is 6.79. The van der Waals surface area contributed by atoms with Crippen LogP contribution in [0.3, 0.4) is 0 Å². The van der Waals surface area contributed by atoms with Crippen molar-refractivity contribution in [2.75, 3.05) is 0 Å². The highest BCUT2D eigenvalue weighted by Crippen LogP contribution is 2.03. The Morgan fingerprint density at radius 2 is 2.46 bits per heavy atom. The fourth-order valence-corrected chi connectivity index (χ4v) is 0.915. The molecule has 1 rings (SSSR count). The van der Waals surface area contributed by atoms with Crippen molar-refractivity contribution < 1.29 is 0 Å². The van der Waals surface area contributed by atoms with E-state index in [0.29, 0.717) is 10.9 Å². The third kappa shape index (κ3) is 3.66. The lowest BCUT2D eigenvalue weighted by atomic mass is 10.4. The van der Waals surface area contributed by atoms with E-state index in [4.69, 9.17) is 17.0 Å². The fraction of sp³-hybridized carbons (Fsp3) is 0.125. The van der Waals surface area contributed by atoms with Crippen molar-refractivity contribution >= 4 is 17.3 Å². The number of nitrogens with one attached hydrogen (secondary N) is 4. The van der Waals surface area contributed by atoms with Crippen LogP contribution in [0.5, 0.6) is 0 Å². The molecule has 5 heteroatoms. The van der Waals surface area contributed by atoms with E-state index in [0.717, 1.165) is 5.70 Å². The van der Waals surface area contributed by atoms with Gasteiger partial charge < -0.3 is 16.2 Å². The Balaban J connectivity index is 2.46. The highest BCUT2D eigenvalue weighted by Gasteiger charge is 1.98. The summed E-state index contributed by atoms with van der Waals surface area (Å²) in [4.78, 5) is 0. The molecule has 0 atom stereocenters. The van der Waals surface area contributed by atoms with Gasteiger partial charge in [0.05, 0.1) is 5.70 Å². The average molecular weight is 199 g/mol. The van der Waals surface area contributed by atoms with Crippen LogP contribution in [-0.4, -0.2) is 5.71 Å². The molecular formula is C8H11ClN4. The molecule has 1 heterocycles. The van der Waals surface area contributed by atoms with Gasteiger partial charge in [-0.05, 0) is 19.1 Å². The fourth-order valence-electron chi connectivity index (χ4n) is 0.743. The summed E-state index contributed by atoms with van der Waals surface area (Å²) in [6.45, 7) is 1.70. The van der Waals surface area contributed by atoms with Crippen molar-refractivity contribution in [3.63, 3.8) is 0 Å². The molecule has 0 aromatic heterocycles. The molecule has 0 saturated carbocycles.